The predicted molar refractivity (Wildman–Crippen MR) is 77.5 cm³/mol. The molecular weight excluding hydrogens is 238 g/mol. The SMILES string of the molecule is Cc1ccc(N)c(Nc2cc(C)c3[nH]ncc3c2)n1. The van der Waals surface area contributed by atoms with Crippen LogP contribution in [0.2, 0.25) is 0 Å². The number of aromatic nitrogens is 3. The van der Waals surface area contributed by atoms with E-state index >= 15 is 0 Å². The highest BCUT2D eigenvalue weighted by molar-refractivity contribution is 5.86. The van der Waals surface area contributed by atoms with Crippen molar-refractivity contribution in [2.24, 2.45) is 0 Å². The third-order valence-corrected chi connectivity index (χ3v) is 3.07. The van der Waals surface area contributed by atoms with Crippen LogP contribution in [0.5, 0.6) is 0 Å². The second-order valence-corrected chi connectivity index (χ2v) is 4.64. The zero-order valence-electron chi connectivity index (χ0n) is 10.9. The van der Waals surface area contributed by atoms with Crippen LogP contribution in [0, 0.1) is 13.8 Å². The summed E-state index contributed by atoms with van der Waals surface area (Å²) in [5.41, 5.74) is 10.6. The number of nitrogens with two attached hydrogens (primary N) is 1. The summed E-state index contributed by atoms with van der Waals surface area (Å²) in [6.07, 6.45) is 1.81. The van der Waals surface area contributed by atoms with Crippen LogP contribution >= 0.6 is 0 Å². The van der Waals surface area contributed by atoms with Crippen molar-refractivity contribution in [3.63, 3.8) is 0 Å². The van der Waals surface area contributed by atoms with E-state index < -0.39 is 0 Å². The highest BCUT2D eigenvalue weighted by Gasteiger charge is 2.06. The van der Waals surface area contributed by atoms with Crippen molar-refractivity contribution in [1.82, 2.24) is 15.2 Å². The van der Waals surface area contributed by atoms with Gasteiger partial charge in [0.05, 0.1) is 17.4 Å². The van der Waals surface area contributed by atoms with E-state index in [9.17, 15) is 0 Å². The smallest absolute Gasteiger partial charge is 0.153 e. The fourth-order valence-corrected chi connectivity index (χ4v) is 2.11. The van der Waals surface area contributed by atoms with Gasteiger partial charge < -0.3 is 11.1 Å². The third-order valence-electron chi connectivity index (χ3n) is 3.07. The Morgan fingerprint density at radius 1 is 1.21 bits per heavy atom. The van der Waals surface area contributed by atoms with Gasteiger partial charge >= 0.3 is 0 Å². The molecule has 0 aliphatic carbocycles. The highest BCUT2D eigenvalue weighted by atomic mass is 15.1. The van der Waals surface area contributed by atoms with Gasteiger partial charge in [0.1, 0.15) is 0 Å². The van der Waals surface area contributed by atoms with Crippen molar-refractivity contribution in [3.8, 4) is 0 Å². The molecule has 0 fully saturated rings. The van der Waals surface area contributed by atoms with Crippen LogP contribution in [0.1, 0.15) is 11.3 Å². The third kappa shape index (κ3) is 2.10. The van der Waals surface area contributed by atoms with Crippen LogP contribution in [0.15, 0.2) is 30.5 Å². The lowest BCUT2D eigenvalue weighted by Gasteiger charge is -2.10. The molecule has 1 aromatic carbocycles. The van der Waals surface area contributed by atoms with Gasteiger partial charge in [-0.1, -0.05) is 0 Å². The van der Waals surface area contributed by atoms with Crippen molar-refractivity contribution in [2.75, 3.05) is 11.1 Å². The number of aryl methyl sites for hydroxylation is 2. The molecule has 2 aromatic heterocycles. The number of hydrogen-bond acceptors (Lipinski definition) is 4. The van der Waals surface area contributed by atoms with E-state index in [0.29, 0.717) is 11.5 Å². The fourth-order valence-electron chi connectivity index (χ4n) is 2.11. The van der Waals surface area contributed by atoms with E-state index in [1.165, 1.54) is 0 Å². The second-order valence-electron chi connectivity index (χ2n) is 4.64. The van der Waals surface area contributed by atoms with E-state index in [4.69, 9.17) is 5.73 Å². The minimum atomic E-state index is 0.635. The second kappa shape index (κ2) is 4.28. The van der Waals surface area contributed by atoms with Crippen molar-refractivity contribution in [3.05, 3.63) is 41.7 Å². The number of rotatable bonds is 2. The summed E-state index contributed by atoms with van der Waals surface area (Å²) in [6, 6.07) is 7.82. The van der Waals surface area contributed by atoms with Gasteiger partial charge in [-0.15, -0.1) is 0 Å². The van der Waals surface area contributed by atoms with Gasteiger partial charge in [0.2, 0.25) is 0 Å². The van der Waals surface area contributed by atoms with Crippen LogP contribution in [0.4, 0.5) is 17.2 Å². The molecule has 0 saturated heterocycles. The lowest BCUT2D eigenvalue weighted by atomic mass is 10.1. The molecule has 0 radical (unpaired) electrons. The molecule has 0 spiro atoms. The number of hydrogen-bond donors (Lipinski definition) is 3. The molecule has 0 aliphatic rings. The highest BCUT2D eigenvalue weighted by Crippen LogP contribution is 2.26. The Hall–Kier alpha value is -2.56. The van der Waals surface area contributed by atoms with Crippen molar-refractivity contribution in [2.45, 2.75) is 13.8 Å². The van der Waals surface area contributed by atoms with Gasteiger partial charge in [0.25, 0.3) is 0 Å². The van der Waals surface area contributed by atoms with E-state index in [-0.39, 0.29) is 0 Å². The molecule has 4 N–H and O–H groups in total. The van der Waals surface area contributed by atoms with Crippen LogP contribution in [0.3, 0.4) is 0 Å². The maximum Gasteiger partial charge on any atom is 0.153 e. The maximum absolute atomic E-state index is 5.92. The number of nitrogens with zero attached hydrogens (tertiary/aromatic N) is 2. The fraction of sp³-hybridized carbons (Fsp3) is 0.143. The Labute approximate surface area is 110 Å². The number of nitrogen functional groups attached to an aromatic ring is 1. The van der Waals surface area contributed by atoms with Gasteiger partial charge in [0.15, 0.2) is 5.82 Å². The minimum Gasteiger partial charge on any atom is -0.396 e. The monoisotopic (exact) mass is 253 g/mol. The number of pyridine rings is 1. The molecule has 2 heterocycles. The first-order valence-corrected chi connectivity index (χ1v) is 6.07. The molecule has 0 aliphatic heterocycles. The Morgan fingerprint density at radius 3 is 2.89 bits per heavy atom. The molecule has 96 valence electrons. The first kappa shape index (κ1) is 11.5. The number of nitrogens with one attached hydrogen (secondary N) is 2. The van der Waals surface area contributed by atoms with Crippen molar-refractivity contribution >= 4 is 28.1 Å². The summed E-state index contributed by atoms with van der Waals surface area (Å²) in [5, 5.41) is 11.4. The van der Waals surface area contributed by atoms with Crippen LogP contribution in [-0.4, -0.2) is 15.2 Å². The Kier molecular flexibility index (Phi) is 2.59. The molecule has 0 amide bonds. The van der Waals surface area contributed by atoms with Crippen LogP contribution in [-0.2, 0) is 0 Å². The molecule has 0 atom stereocenters. The number of anilines is 3. The Bertz CT molecular complexity index is 745. The van der Waals surface area contributed by atoms with E-state index in [0.717, 1.165) is 27.8 Å². The topological polar surface area (TPSA) is 79.6 Å². The number of aromatic amines is 1. The van der Waals surface area contributed by atoms with Gasteiger partial charge in [0, 0.05) is 16.8 Å². The van der Waals surface area contributed by atoms with Crippen LogP contribution in [0.25, 0.3) is 10.9 Å². The standard InChI is InChI=1S/C14H15N5/c1-8-5-11(6-10-7-16-19-13(8)10)18-14-12(15)4-3-9(2)17-14/h3-7H,15H2,1-2H3,(H,16,19)(H,17,18). The van der Waals surface area contributed by atoms with Crippen molar-refractivity contribution < 1.29 is 0 Å². The molecular formula is C14H15N5. The maximum atomic E-state index is 5.92. The zero-order valence-corrected chi connectivity index (χ0v) is 10.9. The average Bonchev–Trinajstić information content (AvgIpc) is 2.82. The quantitative estimate of drug-likeness (QED) is 0.656. The summed E-state index contributed by atoms with van der Waals surface area (Å²) in [4.78, 5) is 4.41. The summed E-state index contributed by atoms with van der Waals surface area (Å²) in [6.45, 7) is 3.98. The van der Waals surface area contributed by atoms with E-state index in [1.807, 2.05) is 38.1 Å². The zero-order chi connectivity index (χ0) is 13.4. The van der Waals surface area contributed by atoms with Crippen molar-refractivity contribution in [1.29, 1.82) is 0 Å². The number of H-pyrrole nitrogens is 1. The molecule has 3 aromatic rings. The summed E-state index contributed by atoms with van der Waals surface area (Å²) >= 11 is 0. The normalized spacial score (nSPS) is 10.8. The summed E-state index contributed by atoms with van der Waals surface area (Å²) < 4.78 is 0. The van der Waals surface area contributed by atoms with Crippen LogP contribution < -0.4 is 11.1 Å². The first-order chi connectivity index (χ1) is 9.13. The molecule has 0 bridgehead atoms. The number of benzene rings is 1. The number of fused-ring (bicyclic) bond motifs is 1. The van der Waals surface area contributed by atoms with Gasteiger partial charge in [-0.05, 0) is 43.7 Å². The van der Waals surface area contributed by atoms with Gasteiger partial charge in [-0.25, -0.2) is 4.98 Å². The van der Waals surface area contributed by atoms with Gasteiger partial charge in [-0.2, -0.15) is 5.10 Å². The Balaban J connectivity index is 2.03. The van der Waals surface area contributed by atoms with E-state index in [2.05, 4.69) is 20.5 Å². The predicted octanol–water partition coefficient (Wildman–Crippen LogP) is 2.90. The summed E-state index contributed by atoms with van der Waals surface area (Å²) in [5.74, 6) is 0.683. The molecule has 3 rings (SSSR count). The molecule has 0 saturated carbocycles. The molecule has 5 heteroatoms. The molecule has 0 unspecified atom stereocenters. The molecule has 5 nitrogen and oxygen atoms in total. The summed E-state index contributed by atoms with van der Waals surface area (Å²) in [7, 11) is 0. The van der Waals surface area contributed by atoms with Gasteiger partial charge in [-0.3, -0.25) is 5.10 Å². The average molecular weight is 253 g/mol. The largest absolute Gasteiger partial charge is 0.396 e. The Morgan fingerprint density at radius 2 is 2.05 bits per heavy atom. The lowest BCUT2D eigenvalue weighted by Crippen LogP contribution is -2.00. The van der Waals surface area contributed by atoms with E-state index in [1.54, 1.807) is 6.20 Å². The lowest BCUT2D eigenvalue weighted by molar-refractivity contribution is 1.11. The minimum absolute atomic E-state index is 0.635. The molecule has 19 heavy (non-hydrogen) atoms. The first-order valence-electron chi connectivity index (χ1n) is 6.07.